The summed E-state index contributed by atoms with van der Waals surface area (Å²) in [6.07, 6.45) is 2.71. The Hall–Kier alpha value is -1.88. The lowest BCUT2D eigenvalue weighted by atomic mass is 9.72. The largest absolute Gasteiger partial charge is 0.469 e. The number of rotatable bonds is 7. The summed E-state index contributed by atoms with van der Waals surface area (Å²) in [7, 11) is 1.41. The van der Waals surface area contributed by atoms with E-state index in [0.29, 0.717) is 13.0 Å². The van der Waals surface area contributed by atoms with E-state index in [4.69, 9.17) is 4.74 Å². The molecule has 1 aliphatic rings. The topological polar surface area (TPSA) is 55.8 Å². The molecule has 1 aromatic rings. The zero-order valence-electron chi connectivity index (χ0n) is 14.6. The maximum atomic E-state index is 12.7. The van der Waals surface area contributed by atoms with Crippen molar-refractivity contribution in [2.24, 2.45) is 0 Å². The van der Waals surface area contributed by atoms with Gasteiger partial charge in [0, 0.05) is 6.42 Å². The van der Waals surface area contributed by atoms with Crippen LogP contribution in [-0.4, -0.2) is 50.2 Å². The van der Waals surface area contributed by atoms with E-state index in [1.807, 2.05) is 37.3 Å². The van der Waals surface area contributed by atoms with E-state index < -0.39 is 5.41 Å². The van der Waals surface area contributed by atoms with Gasteiger partial charge >= 0.3 is 11.9 Å². The number of nitrogens with zero attached hydrogens (tertiary/aromatic N) is 1. The summed E-state index contributed by atoms with van der Waals surface area (Å²) in [5.74, 6) is -0.289. The summed E-state index contributed by atoms with van der Waals surface area (Å²) < 4.78 is 10.1. The minimum Gasteiger partial charge on any atom is -0.469 e. The molecule has 0 unspecified atom stereocenters. The molecule has 0 atom stereocenters. The molecular weight excluding hydrogens is 306 g/mol. The number of carbonyl (C=O) groups is 2. The molecule has 1 aliphatic heterocycles. The maximum absolute atomic E-state index is 12.7. The molecule has 0 saturated carbocycles. The average Bonchev–Trinajstić information content (AvgIpc) is 2.63. The molecule has 0 spiro atoms. The van der Waals surface area contributed by atoms with Crippen LogP contribution >= 0.6 is 0 Å². The minimum atomic E-state index is -0.546. The van der Waals surface area contributed by atoms with Gasteiger partial charge in [-0.1, -0.05) is 30.3 Å². The van der Waals surface area contributed by atoms with Gasteiger partial charge in [0.2, 0.25) is 0 Å². The van der Waals surface area contributed by atoms with Gasteiger partial charge in [0.1, 0.15) is 0 Å². The predicted molar refractivity (Wildman–Crippen MR) is 91.7 cm³/mol. The highest BCUT2D eigenvalue weighted by Crippen LogP contribution is 2.37. The lowest BCUT2D eigenvalue weighted by molar-refractivity contribution is -0.152. The van der Waals surface area contributed by atoms with Crippen molar-refractivity contribution in [3.05, 3.63) is 35.9 Å². The molecule has 1 fully saturated rings. The van der Waals surface area contributed by atoms with Gasteiger partial charge in [-0.05, 0) is 51.4 Å². The molecule has 5 nitrogen and oxygen atoms in total. The lowest BCUT2D eigenvalue weighted by Crippen LogP contribution is -2.48. The molecule has 0 aliphatic carbocycles. The van der Waals surface area contributed by atoms with Crippen LogP contribution in [0.2, 0.25) is 0 Å². The third-order valence-electron chi connectivity index (χ3n) is 4.79. The van der Waals surface area contributed by atoms with Gasteiger partial charge in [-0.3, -0.25) is 9.59 Å². The van der Waals surface area contributed by atoms with Crippen molar-refractivity contribution in [3.63, 3.8) is 0 Å². The highest BCUT2D eigenvalue weighted by atomic mass is 16.5. The minimum absolute atomic E-state index is 0.120. The second-order valence-corrected chi connectivity index (χ2v) is 6.19. The third kappa shape index (κ3) is 4.35. The van der Waals surface area contributed by atoms with E-state index in [1.165, 1.54) is 7.11 Å². The Balaban J connectivity index is 2.00. The lowest BCUT2D eigenvalue weighted by Gasteiger charge is -2.40. The Bertz CT molecular complexity index is 536. The summed E-state index contributed by atoms with van der Waals surface area (Å²) in [5, 5.41) is 0. The standard InChI is InChI=1S/C19H27NO4/c1-3-24-18(22)19(16-8-5-4-6-9-16)11-14-20(15-12-19)13-7-10-17(21)23-2/h4-6,8-9H,3,7,10-15H2,1-2H3. The summed E-state index contributed by atoms with van der Waals surface area (Å²) in [6, 6.07) is 9.94. The smallest absolute Gasteiger partial charge is 0.316 e. The number of methoxy groups -OCH3 is 1. The van der Waals surface area contributed by atoms with Gasteiger partial charge in [-0.2, -0.15) is 0 Å². The average molecular weight is 333 g/mol. The molecule has 2 rings (SSSR count). The first kappa shape index (κ1) is 18.5. The summed E-state index contributed by atoms with van der Waals surface area (Å²) >= 11 is 0. The van der Waals surface area contributed by atoms with Crippen LogP contribution in [0.25, 0.3) is 0 Å². The number of hydrogen-bond acceptors (Lipinski definition) is 5. The van der Waals surface area contributed by atoms with Crippen molar-refractivity contribution >= 4 is 11.9 Å². The van der Waals surface area contributed by atoms with E-state index in [2.05, 4.69) is 9.64 Å². The van der Waals surface area contributed by atoms with E-state index in [0.717, 1.165) is 44.5 Å². The summed E-state index contributed by atoms with van der Waals surface area (Å²) in [6.45, 7) is 4.75. The Kier molecular flexibility index (Phi) is 6.79. The van der Waals surface area contributed by atoms with Gasteiger partial charge in [-0.25, -0.2) is 0 Å². The molecule has 0 aromatic heterocycles. The number of ether oxygens (including phenoxy) is 2. The molecule has 132 valence electrons. The molecule has 5 heteroatoms. The molecule has 0 N–H and O–H groups in total. The van der Waals surface area contributed by atoms with E-state index in [-0.39, 0.29) is 11.9 Å². The predicted octanol–water partition coefficient (Wildman–Crippen LogP) is 2.54. The number of likely N-dealkylation sites (tertiary alicyclic amines) is 1. The van der Waals surface area contributed by atoms with Crippen LogP contribution in [0.1, 0.15) is 38.2 Å². The second kappa shape index (κ2) is 8.83. The van der Waals surface area contributed by atoms with Crippen LogP contribution in [0.4, 0.5) is 0 Å². The van der Waals surface area contributed by atoms with Crippen molar-refractivity contribution in [2.75, 3.05) is 33.4 Å². The summed E-state index contributed by atoms with van der Waals surface area (Å²) in [5.41, 5.74) is 0.494. The fraction of sp³-hybridized carbons (Fsp3) is 0.579. The third-order valence-corrected chi connectivity index (χ3v) is 4.79. The number of esters is 2. The van der Waals surface area contributed by atoms with Crippen molar-refractivity contribution < 1.29 is 19.1 Å². The first-order valence-corrected chi connectivity index (χ1v) is 8.64. The van der Waals surface area contributed by atoms with Crippen LogP contribution in [-0.2, 0) is 24.5 Å². The zero-order valence-corrected chi connectivity index (χ0v) is 14.6. The quantitative estimate of drug-likeness (QED) is 0.718. The molecule has 1 aromatic carbocycles. The monoisotopic (exact) mass is 333 g/mol. The Morgan fingerprint density at radius 2 is 1.83 bits per heavy atom. The molecule has 0 bridgehead atoms. The van der Waals surface area contributed by atoms with Crippen LogP contribution in [0, 0.1) is 0 Å². The fourth-order valence-electron chi connectivity index (χ4n) is 3.34. The molecule has 1 saturated heterocycles. The van der Waals surface area contributed by atoms with Crippen LogP contribution in [0.5, 0.6) is 0 Å². The van der Waals surface area contributed by atoms with Crippen LogP contribution < -0.4 is 0 Å². The van der Waals surface area contributed by atoms with Crippen LogP contribution in [0.15, 0.2) is 30.3 Å². The normalized spacial score (nSPS) is 17.2. The molecule has 0 radical (unpaired) electrons. The SMILES string of the molecule is CCOC(=O)C1(c2ccccc2)CCN(CCCC(=O)OC)CC1. The fourth-order valence-corrected chi connectivity index (χ4v) is 3.34. The van der Waals surface area contributed by atoms with Gasteiger partial charge < -0.3 is 14.4 Å². The molecule has 0 amide bonds. The van der Waals surface area contributed by atoms with Gasteiger partial charge in [0.15, 0.2) is 0 Å². The zero-order chi connectivity index (χ0) is 17.4. The summed E-state index contributed by atoms with van der Waals surface area (Å²) in [4.78, 5) is 26.2. The van der Waals surface area contributed by atoms with Crippen molar-refractivity contribution in [3.8, 4) is 0 Å². The van der Waals surface area contributed by atoms with Gasteiger partial charge in [0.05, 0.1) is 19.1 Å². The van der Waals surface area contributed by atoms with Crippen molar-refractivity contribution in [1.29, 1.82) is 0 Å². The van der Waals surface area contributed by atoms with Gasteiger partial charge in [-0.15, -0.1) is 0 Å². The van der Waals surface area contributed by atoms with E-state index >= 15 is 0 Å². The Morgan fingerprint density at radius 3 is 2.42 bits per heavy atom. The first-order chi connectivity index (χ1) is 11.6. The van der Waals surface area contributed by atoms with E-state index in [1.54, 1.807) is 0 Å². The molecule has 24 heavy (non-hydrogen) atoms. The number of hydrogen-bond donors (Lipinski definition) is 0. The first-order valence-electron chi connectivity index (χ1n) is 8.64. The molecular formula is C19H27NO4. The Morgan fingerprint density at radius 1 is 1.17 bits per heavy atom. The Labute approximate surface area is 143 Å². The number of benzene rings is 1. The molecule has 1 heterocycles. The van der Waals surface area contributed by atoms with Crippen molar-refractivity contribution in [2.45, 2.75) is 38.0 Å². The van der Waals surface area contributed by atoms with Crippen molar-refractivity contribution in [1.82, 2.24) is 4.90 Å². The second-order valence-electron chi connectivity index (χ2n) is 6.19. The number of carbonyl (C=O) groups excluding carboxylic acids is 2. The highest BCUT2D eigenvalue weighted by molar-refractivity contribution is 5.83. The van der Waals surface area contributed by atoms with Gasteiger partial charge in [0.25, 0.3) is 0 Å². The van der Waals surface area contributed by atoms with E-state index in [9.17, 15) is 9.59 Å². The number of piperidine rings is 1. The van der Waals surface area contributed by atoms with Crippen LogP contribution in [0.3, 0.4) is 0 Å². The maximum Gasteiger partial charge on any atom is 0.316 e. The highest BCUT2D eigenvalue weighted by Gasteiger charge is 2.43.